The van der Waals surface area contributed by atoms with Crippen LogP contribution in [0.1, 0.15) is 29.8 Å². The summed E-state index contributed by atoms with van der Waals surface area (Å²) < 4.78 is 33.4. The number of esters is 1. The zero-order valence-electron chi connectivity index (χ0n) is 15.8. The predicted octanol–water partition coefficient (Wildman–Crippen LogP) is 3.49. The molecule has 0 aliphatic carbocycles. The van der Waals surface area contributed by atoms with E-state index in [1.807, 2.05) is 6.92 Å². The van der Waals surface area contributed by atoms with E-state index in [9.17, 15) is 18.0 Å². The molecule has 0 aliphatic rings. The Balaban J connectivity index is 2.06. The normalized spacial score (nSPS) is 12.6. The van der Waals surface area contributed by atoms with Gasteiger partial charge in [0, 0.05) is 10.0 Å². The maximum absolute atomic E-state index is 12.6. The maximum atomic E-state index is 12.6. The van der Waals surface area contributed by atoms with Crippen molar-refractivity contribution in [1.29, 1.82) is 0 Å². The van der Waals surface area contributed by atoms with E-state index in [2.05, 4.69) is 20.7 Å². The molecule has 150 valence electrons. The van der Waals surface area contributed by atoms with Crippen LogP contribution in [-0.2, 0) is 19.6 Å². The summed E-state index contributed by atoms with van der Waals surface area (Å²) in [6.45, 7) is 4.77. The standard InChI is InChI=1S/C20H22BrNO5S/c1-13(2)19(22-28(25,26)17-10-4-14(3)5-11-17)20(24)27-12-18(23)15-6-8-16(21)9-7-15/h4-11,13,19,22H,12H2,1-3H3/t19-/m0/s1. The van der Waals surface area contributed by atoms with Crippen LogP contribution >= 0.6 is 15.9 Å². The largest absolute Gasteiger partial charge is 0.456 e. The zero-order chi connectivity index (χ0) is 20.9. The van der Waals surface area contributed by atoms with Crippen LogP contribution < -0.4 is 4.72 Å². The number of rotatable bonds is 8. The molecular weight excluding hydrogens is 446 g/mol. The molecule has 0 bridgehead atoms. The fourth-order valence-corrected chi connectivity index (χ4v) is 3.95. The highest BCUT2D eigenvalue weighted by Gasteiger charge is 2.30. The van der Waals surface area contributed by atoms with Crippen LogP contribution in [0.15, 0.2) is 57.9 Å². The van der Waals surface area contributed by atoms with Crippen molar-refractivity contribution in [2.75, 3.05) is 6.61 Å². The fourth-order valence-electron chi connectivity index (χ4n) is 2.35. The summed E-state index contributed by atoms with van der Waals surface area (Å²) in [7, 11) is -3.90. The Labute approximate surface area is 173 Å². The zero-order valence-corrected chi connectivity index (χ0v) is 18.2. The lowest BCUT2D eigenvalue weighted by Gasteiger charge is -2.20. The third-order valence-corrected chi connectivity index (χ3v) is 6.03. The number of ether oxygens (including phenoxy) is 1. The molecule has 6 nitrogen and oxygen atoms in total. The number of nitrogens with one attached hydrogen (secondary N) is 1. The van der Waals surface area contributed by atoms with Gasteiger partial charge in [-0.2, -0.15) is 4.72 Å². The van der Waals surface area contributed by atoms with E-state index < -0.39 is 28.6 Å². The Morgan fingerprint density at radius 1 is 1.04 bits per heavy atom. The molecule has 0 aliphatic heterocycles. The molecule has 0 saturated carbocycles. The summed E-state index contributed by atoms with van der Waals surface area (Å²) in [5.74, 6) is -1.53. The van der Waals surface area contributed by atoms with Gasteiger partial charge in [0.1, 0.15) is 6.04 Å². The molecule has 0 aromatic heterocycles. The average Bonchev–Trinajstić information content (AvgIpc) is 2.64. The van der Waals surface area contributed by atoms with Crippen molar-refractivity contribution in [1.82, 2.24) is 4.72 Å². The maximum Gasteiger partial charge on any atom is 0.324 e. The molecule has 2 aromatic rings. The van der Waals surface area contributed by atoms with Gasteiger partial charge in [-0.3, -0.25) is 9.59 Å². The van der Waals surface area contributed by atoms with Gasteiger partial charge in [0.25, 0.3) is 0 Å². The SMILES string of the molecule is Cc1ccc(S(=O)(=O)N[C@H](C(=O)OCC(=O)c2ccc(Br)cc2)C(C)C)cc1. The van der Waals surface area contributed by atoms with Gasteiger partial charge in [0.05, 0.1) is 4.90 Å². The van der Waals surface area contributed by atoms with Crippen LogP contribution in [0.4, 0.5) is 0 Å². The Kier molecular flexibility index (Phi) is 7.51. The summed E-state index contributed by atoms with van der Waals surface area (Å²) in [6, 6.07) is 11.8. The highest BCUT2D eigenvalue weighted by molar-refractivity contribution is 9.10. The average molecular weight is 468 g/mol. The molecule has 0 spiro atoms. The minimum Gasteiger partial charge on any atom is -0.456 e. The molecule has 0 heterocycles. The van der Waals surface area contributed by atoms with E-state index in [-0.39, 0.29) is 16.6 Å². The lowest BCUT2D eigenvalue weighted by atomic mass is 10.1. The van der Waals surface area contributed by atoms with Gasteiger partial charge in [-0.05, 0) is 37.1 Å². The van der Waals surface area contributed by atoms with Gasteiger partial charge in [-0.25, -0.2) is 8.42 Å². The van der Waals surface area contributed by atoms with Crippen molar-refractivity contribution in [2.45, 2.75) is 31.7 Å². The molecule has 2 rings (SSSR count). The van der Waals surface area contributed by atoms with Crippen molar-refractivity contribution in [3.05, 3.63) is 64.1 Å². The van der Waals surface area contributed by atoms with Crippen molar-refractivity contribution in [3.63, 3.8) is 0 Å². The van der Waals surface area contributed by atoms with E-state index in [1.165, 1.54) is 12.1 Å². The van der Waals surface area contributed by atoms with E-state index >= 15 is 0 Å². The number of carbonyl (C=O) groups excluding carboxylic acids is 2. The smallest absolute Gasteiger partial charge is 0.324 e. The molecule has 1 atom stereocenters. The first kappa shape index (κ1) is 22.3. The van der Waals surface area contributed by atoms with Crippen molar-refractivity contribution in [2.24, 2.45) is 5.92 Å². The van der Waals surface area contributed by atoms with Crippen LogP contribution in [-0.4, -0.2) is 32.8 Å². The van der Waals surface area contributed by atoms with Gasteiger partial charge in [0.2, 0.25) is 10.0 Å². The predicted molar refractivity (Wildman–Crippen MR) is 110 cm³/mol. The van der Waals surface area contributed by atoms with Crippen molar-refractivity contribution < 1.29 is 22.7 Å². The van der Waals surface area contributed by atoms with E-state index in [1.54, 1.807) is 50.2 Å². The summed E-state index contributed by atoms with van der Waals surface area (Å²) >= 11 is 3.28. The second-order valence-electron chi connectivity index (χ2n) is 6.69. The number of sulfonamides is 1. The van der Waals surface area contributed by atoms with Crippen LogP contribution in [0.3, 0.4) is 0 Å². The second-order valence-corrected chi connectivity index (χ2v) is 9.32. The minimum absolute atomic E-state index is 0.0579. The first-order valence-corrected chi connectivity index (χ1v) is 10.9. The van der Waals surface area contributed by atoms with Crippen LogP contribution in [0.25, 0.3) is 0 Å². The number of halogens is 1. The summed E-state index contributed by atoms with van der Waals surface area (Å²) in [5.41, 5.74) is 1.32. The Morgan fingerprint density at radius 3 is 2.14 bits per heavy atom. The Morgan fingerprint density at radius 2 is 1.61 bits per heavy atom. The molecule has 0 radical (unpaired) electrons. The molecule has 0 amide bonds. The number of hydrogen-bond acceptors (Lipinski definition) is 5. The van der Waals surface area contributed by atoms with Crippen molar-refractivity contribution >= 4 is 37.7 Å². The quantitative estimate of drug-likeness (QED) is 0.473. The fraction of sp³-hybridized carbons (Fsp3) is 0.300. The molecule has 2 aromatic carbocycles. The summed E-state index contributed by atoms with van der Waals surface area (Å²) in [4.78, 5) is 24.6. The molecule has 0 saturated heterocycles. The number of benzene rings is 2. The van der Waals surface area contributed by atoms with Gasteiger partial charge >= 0.3 is 5.97 Å². The minimum atomic E-state index is -3.90. The monoisotopic (exact) mass is 467 g/mol. The highest BCUT2D eigenvalue weighted by atomic mass is 79.9. The molecule has 0 fully saturated rings. The van der Waals surface area contributed by atoms with Gasteiger partial charge < -0.3 is 4.74 Å². The third-order valence-electron chi connectivity index (χ3n) is 4.05. The molecule has 1 N–H and O–H groups in total. The highest BCUT2D eigenvalue weighted by Crippen LogP contribution is 2.15. The number of Topliss-reactive ketones (excluding diaryl/α,β-unsaturated/α-hetero) is 1. The molecule has 28 heavy (non-hydrogen) atoms. The van der Waals surface area contributed by atoms with E-state index in [0.29, 0.717) is 5.56 Å². The number of ketones is 1. The lowest BCUT2D eigenvalue weighted by Crippen LogP contribution is -2.45. The van der Waals surface area contributed by atoms with Crippen LogP contribution in [0.2, 0.25) is 0 Å². The number of carbonyl (C=O) groups is 2. The molecule has 0 unspecified atom stereocenters. The first-order chi connectivity index (χ1) is 13.1. The van der Waals surface area contributed by atoms with E-state index in [0.717, 1.165) is 10.0 Å². The lowest BCUT2D eigenvalue weighted by molar-refractivity contribution is -0.145. The Bertz CT molecular complexity index is 938. The summed E-state index contributed by atoms with van der Waals surface area (Å²) in [6.07, 6.45) is 0. The van der Waals surface area contributed by atoms with Gasteiger partial charge in [-0.1, -0.05) is 59.6 Å². The first-order valence-electron chi connectivity index (χ1n) is 8.64. The van der Waals surface area contributed by atoms with Crippen LogP contribution in [0.5, 0.6) is 0 Å². The number of aryl methyl sites for hydroxylation is 1. The number of hydrogen-bond donors (Lipinski definition) is 1. The topological polar surface area (TPSA) is 89.5 Å². The van der Waals surface area contributed by atoms with Gasteiger partial charge in [0.15, 0.2) is 12.4 Å². The Hall–Kier alpha value is -2.03. The molecular formula is C20H22BrNO5S. The van der Waals surface area contributed by atoms with Gasteiger partial charge in [-0.15, -0.1) is 0 Å². The second kappa shape index (κ2) is 9.45. The third kappa shape index (κ3) is 5.98. The van der Waals surface area contributed by atoms with Crippen LogP contribution in [0, 0.1) is 12.8 Å². The van der Waals surface area contributed by atoms with E-state index in [4.69, 9.17) is 4.74 Å². The van der Waals surface area contributed by atoms with Crippen molar-refractivity contribution in [3.8, 4) is 0 Å². The summed E-state index contributed by atoms with van der Waals surface area (Å²) in [5, 5.41) is 0. The molecule has 8 heteroatoms.